The molecule has 1 aromatic carbocycles. The third-order valence-corrected chi connectivity index (χ3v) is 4.31. The highest BCUT2D eigenvalue weighted by atomic mass is 79.9. The number of halogens is 4. The van der Waals surface area contributed by atoms with Gasteiger partial charge in [0, 0.05) is 17.6 Å². The minimum atomic E-state index is -4.44. The molecule has 0 aliphatic carbocycles. The van der Waals surface area contributed by atoms with Crippen molar-refractivity contribution in [1.82, 2.24) is 9.78 Å². The summed E-state index contributed by atoms with van der Waals surface area (Å²) in [5.74, 6) is -0.653. The molecule has 0 fully saturated rings. The first-order valence-corrected chi connectivity index (χ1v) is 7.88. The molecule has 2 heterocycles. The highest BCUT2D eigenvalue weighted by Crippen LogP contribution is 2.34. The lowest BCUT2D eigenvalue weighted by molar-refractivity contribution is -0.137. The Bertz CT molecular complexity index is 817. The number of nitrogens with zero attached hydrogens (tertiary/aromatic N) is 3. The standard InChI is InChI=1S/C15H13BrF3N3O2/c1-8-12(14(23)24)13-21(2-3-22(13)20-8)7-9-4-10(15(17,18)19)6-11(16)5-9/h4-6H,2-3,7H2,1H3,(H,23,24). The molecule has 0 unspecified atom stereocenters. The van der Waals surface area contributed by atoms with Gasteiger partial charge in [-0.05, 0) is 30.7 Å². The fourth-order valence-corrected chi connectivity index (χ4v) is 3.44. The van der Waals surface area contributed by atoms with Gasteiger partial charge >= 0.3 is 12.1 Å². The second kappa shape index (κ2) is 5.80. The van der Waals surface area contributed by atoms with E-state index in [1.807, 2.05) is 0 Å². The molecule has 1 aliphatic heterocycles. The lowest BCUT2D eigenvalue weighted by atomic mass is 10.1. The van der Waals surface area contributed by atoms with Crippen molar-refractivity contribution in [3.05, 3.63) is 45.1 Å². The van der Waals surface area contributed by atoms with Crippen LogP contribution in [-0.4, -0.2) is 27.4 Å². The molecule has 24 heavy (non-hydrogen) atoms. The molecule has 0 bridgehead atoms. The van der Waals surface area contributed by atoms with Crippen molar-refractivity contribution in [3.63, 3.8) is 0 Å². The van der Waals surface area contributed by atoms with Crippen molar-refractivity contribution >= 4 is 27.7 Å². The zero-order chi connectivity index (χ0) is 17.6. The molecule has 0 saturated heterocycles. The van der Waals surface area contributed by atoms with Gasteiger partial charge in [-0.3, -0.25) is 0 Å². The number of hydrogen-bond donors (Lipinski definition) is 1. The predicted octanol–water partition coefficient (Wildman–Crippen LogP) is 3.69. The van der Waals surface area contributed by atoms with Crippen molar-refractivity contribution in [2.24, 2.45) is 0 Å². The zero-order valence-corrected chi connectivity index (χ0v) is 14.1. The number of fused-ring (bicyclic) bond motifs is 1. The van der Waals surface area contributed by atoms with Crippen LogP contribution < -0.4 is 4.90 Å². The van der Waals surface area contributed by atoms with E-state index in [2.05, 4.69) is 21.0 Å². The third kappa shape index (κ3) is 3.00. The summed E-state index contributed by atoms with van der Waals surface area (Å²) in [5, 5.41) is 13.5. The van der Waals surface area contributed by atoms with Crippen molar-refractivity contribution in [2.75, 3.05) is 11.4 Å². The van der Waals surface area contributed by atoms with Gasteiger partial charge in [-0.1, -0.05) is 15.9 Å². The number of benzene rings is 1. The van der Waals surface area contributed by atoms with E-state index in [0.29, 0.717) is 34.6 Å². The average molecular weight is 404 g/mol. The van der Waals surface area contributed by atoms with Gasteiger partial charge in [-0.25, -0.2) is 9.48 Å². The summed E-state index contributed by atoms with van der Waals surface area (Å²) in [6.07, 6.45) is -4.44. The maximum atomic E-state index is 12.9. The van der Waals surface area contributed by atoms with Crippen LogP contribution in [0.2, 0.25) is 0 Å². The Balaban J connectivity index is 1.96. The molecule has 0 spiro atoms. The van der Waals surface area contributed by atoms with Crippen LogP contribution in [-0.2, 0) is 19.3 Å². The van der Waals surface area contributed by atoms with Crippen molar-refractivity contribution in [2.45, 2.75) is 26.2 Å². The van der Waals surface area contributed by atoms with Crippen LogP contribution in [0.5, 0.6) is 0 Å². The van der Waals surface area contributed by atoms with Crippen molar-refractivity contribution in [3.8, 4) is 0 Å². The quantitative estimate of drug-likeness (QED) is 0.848. The van der Waals surface area contributed by atoms with E-state index >= 15 is 0 Å². The number of aromatic nitrogens is 2. The average Bonchev–Trinajstić information content (AvgIpc) is 2.96. The molecule has 1 aromatic heterocycles. The van der Waals surface area contributed by atoms with Gasteiger partial charge < -0.3 is 10.0 Å². The van der Waals surface area contributed by atoms with E-state index in [9.17, 15) is 23.1 Å². The van der Waals surface area contributed by atoms with Crippen LogP contribution in [0.15, 0.2) is 22.7 Å². The Morgan fingerprint density at radius 3 is 2.67 bits per heavy atom. The SMILES string of the molecule is Cc1nn2c(c1C(=O)O)N(Cc1cc(Br)cc(C(F)(F)F)c1)CC2. The molecule has 2 aromatic rings. The highest BCUT2D eigenvalue weighted by molar-refractivity contribution is 9.10. The maximum Gasteiger partial charge on any atom is 0.416 e. The molecule has 9 heteroatoms. The molecule has 3 rings (SSSR count). The monoisotopic (exact) mass is 403 g/mol. The van der Waals surface area contributed by atoms with Gasteiger partial charge in [0.1, 0.15) is 11.4 Å². The lowest BCUT2D eigenvalue weighted by Crippen LogP contribution is -2.22. The smallest absolute Gasteiger partial charge is 0.416 e. The van der Waals surface area contributed by atoms with E-state index in [4.69, 9.17) is 0 Å². The Kier molecular flexibility index (Phi) is 4.06. The first-order chi connectivity index (χ1) is 11.2. The molecule has 0 atom stereocenters. The Morgan fingerprint density at radius 2 is 2.04 bits per heavy atom. The van der Waals surface area contributed by atoms with Gasteiger partial charge in [-0.2, -0.15) is 18.3 Å². The molecule has 1 aliphatic rings. The zero-order valence-electron chi connectivity index (χ0n) is 12.6. The first-order valence-electron chi connectivity index (χ1n) is 7.09. The number of carboxylic acids is 1. The number of anilines is 1. The topological polar surface area (TPSA) is 58.4 Å². The van der Waals surface area contributed by atoms with Crippen molar-refractivity contribution in [1.29, 1.82) is 0 Å². The molecule has 0 radical (unpaired) electrons. The largest absolute Gasteiger partial charge is 0.477 e. The number of carboxylic acid groups (broad SMARTS) is 1. The van der Waals surface area contributed by atoms with Gasteiger partial charge in [0.2, 0.25) is 0 Å². The molecular weight excluding hydrogens is 391 g/mol. The van der Waals surface area contributed by atoms with Crippen LogP contribution in [0.1, 0.15) is 27.2 Å². The Morgan fingerprint density at radius 1 is 1.33 bits per heavy atom. The second-order valence-electron chi connectivity index (χ2n) is 5.58. The number of carbonyl (C=O) groups is 1. The lowest BCUT2D eigenvalue weighted by Gasteiger charge is -2.19. The predicted molar refractivity (Wildman–Crippen MR) is 84.1 cm³/mol. The number of hydrogen-bond acceptors (Lipinski definition) is 3. The fourth-order valence-electron chi connectivity index (χ4n) is 2.90. The molecule has 128 valence electrons. The minimum absolute atomic E-state index is 0.0959. The first kappa shape index (κ1) is 16.8. The van der Waals surface area contributed by atoms with Crippen LogP contribution >= 0.6 is 15.9 Å². The van der Waals surface area contributed by atoms with E-state index in [1.165, 1.54) is 0 Å². The summed E-state index contributed by atoms with van der Waals surface area (Å²) in [5.41, 5.74) is 0.195. The van der Waals surface area contributed by atoms with Crippen LogP contribution in [0.3, 0.4) is 0 Å². The van der Waals surface area contributed by atoms with Crippen LogP contribution in [0.4, 0.5) is 19.0 Å². The van der Waals surface area contributed by atoms with Gasteiger partial charge in [0.15, 0.2) is 0 Å². The molecule has 0 saturated carbocycles. The van der Waals surface area contributed by atoms with Gasteiger partial charge in [0.25, 0.3) is 0 Å². The molecule has 1 N–H and O–H groups in total. The number of alkyl halides is 3. The molecular formula is C15H13BrF3N3O2. The van der Waals surface area contributed by atoms with Crippen molar-refractivity contribution < 1.29 is 23.1 Å². The number of aryl methyl sites for hydroxylation is 1. The second-order valence-corrected chi connectivity index (χ2v) is 6.50. The fraction of sp³-hybridized carbons (Fsp3) is 0.333. The van der Waals surface area contributed by atoms with Crippen LogP contribution in [0, 0.1) is 6.92 Å². The minimum Gasteiger partial charge on any atom is -0.477 e. The molecule has 0 amide bonds. The summed E-state index contributed by atoms with van der Waals surface area (Å²) in [4.78, 5) is 13.2. The summed E-state index contributed by atoms with van der Waals surface area (Å²) in [7, 11) is 0. The number of rotatable bonds is 3. The number of aromatic carboxylic acids is 1. The van der Waals surface area contributed by atoms with E-state index in [-0.39, 0.29) is 12.1 Å². The summed E-state index contributed by atoms with van der Waals surface area (Å²) < 4.78 is 40.8. The van der Waals surface area contributed by atoms with Gasteiger partial charge in [0.05, 0.1) is 17.8 Å². The summed E-state index contributed by atoms with van der Waals surface area (Å²) in [6.45, 7) is 2.78. The van der Waals surface area contributed by atoms with E-state index < -0.39 is 17.7 Å². The summed E-state index contributed by atoms with van der Waals surface area (Å²) >= 11 is 3.10. The third-order valence-electron chi connectivity index (χ3n) is 3.85. The molecule has 5 nitrogen and oxygen atoms in total. The van der Waals surface area contributed by atoms with E-state index in [1.54, 1.807) is 22.6 Å². The maximum absolute atomic E-state index is 12.9. The summed E-state index contributed by atoms with van der Waals surface area (Å²) in [6, 6.07) is 3.70. The Labute approximate surface area is 143 Å². The Hall–Kier alpha value is -2.03. The highest BCUT2D eigenvalue weighted by Gasteiger charge is 2.33. The normalized spacial score (nSPS) is 14.1. The van der Waals surface area contributed by atoms with E-state index in [0.717, 1.165) is 12.1 Å². The van der Waals surface area contributed by atoms with Gasteiger partial charge in [-0.15, -0.1) is 0 Å². The van der Waals surface area contributed by atoms with Crippen LogP contribution in [0.25, 0.3) is 0 Å².